The lowest BCUT2D eigenvalue weighted by Gasteiger charge is -2.35. The number of nitrogens with zero attached hydrogens (tertiary/aromatic N) is 2. The molecule has 2 rings (SSSR count). The summed E-state index contributed by atoms with van der Waals surface area (Å²) >= 11 is 0. The molecule has 1 atom stereocenters. The zero-order valence-electron chi connectivity index (χ0n) is 14.7. The molecule has 0 spiro atoms. The van der Waals surface area contributed by atoms with E-state index in [0.29, 0.717) is 13.1 Å². The molecule has 0 bridgehead atoms. The molecule has 0 aromatic heterocycles. The van der Waals surface area contributed by atoms with Gasteiger partial charge in [0.05, 0.1) is 0 Å². The molecule has 23 heavy (non-hydrogen) atoms. The summed E-state index contributed by atoms with van der Waals surface area (Å²) in [4.78, 5) is 30.2. The van der Waals surface area contributed by atoms with Crippen LogP contribution >= 0.6 is 0 Å². The molecule has 0 saturated carbocycles. The fourth-order valence-electron chi connectivity index (χ4n) is 2.76. The van der Waals surface area contributed by atoms with Crippen molar-refractivity contribution in [3.8, 4) is 0 Å². The number of aliphatic imine (C=N–C) groups is 1. The Hall–Kier alpha value is -1.79. The fourth-order valence-corrected chi connectivity index (χ4v) is 2.76. The van der Waals surface area contributed by atoms with Gasteiger partial charge in [0.25, 0.3) is 5.91 Å². The summed E-state index contributed by atoms with van der Waals surface area (Å²) in [5, 5.41) is 0. The van der Waals surface area contributed by atoms with Gasteiger partial charge in [0.15, 0.2) is 0 Å². The van der Waals surface area contributed by atoms with E-state index in [-0.39, 0.29) is 29.9 Å². The minimum atomic E-state index is -0.474. The summed E-state index contributed by atoms with van der Waals surface area (Å²) in [5.74, 6) is 1.13. The third-order valence-electron chi connectivity index (χ3n) is 4.03. The van der Waals surface area contributed by atoms with Crippen molar-refractivity contribution in [2.24, 2.45) is 16.8 Å². The van der Waals surface area contributed by atoms with Crippen LogP contribution in [0.4, 0.5) is 4.79 Å². The van der Waals surface area contributed by atoms with E-state index in [4.69, 9.17) is 4.74 Å². The van der Waals surface area contributed by atoms with Gasteiger partial charge in [-0.25, -0.2) is 4.79 Å². The van der Waals surface area contributed by atoms with Crippen LogP contribution in [0.15, 0.2) is 4.99 Å². The largest absolute Gasteiger partial charge is 0.444 e. The van der Waals surface area contributed by atoms with E-state index in [1.807, 2.05) is 34.6 Å². The van der Waals surface area contributed by atoms with Crippen LogP contribution in [-0.2, 0) is 9.53 Å². The number of hydrogen-bond acceptors (Lipinski definition) is 5. The number of amides is 2. The highest BCUT2D eigenvalue weighted by molar-refractivity contribution is 5.94. The average Bonchev–Trinajstić information content (AvgIpc) is 2.46. The van der Waals surface area contributed by atoms with Crippen molar-refractivity contribution in [3.05, 3.63) is 0 Å². The zero-order chi connectivity index (χ0) is 17.2. The maximum absolute atomic E-state index is 12.1. The van der Waals surface area contributed by atoms with Gasteiger partial charge in [0, 0.05) is 19.0 Å². The van der Waals surface area contributed by atoms with Crippen molar-refractivity contribution in [1.82, 2.24) is 15.8 Å². The normalized spacial score (nSPS) is 23.2. The van der Waals surface area contributed by atoms with Gasteiger partial charge in [-0.3, -0.25) is 20.6 Å². The summed E-state index contributed by atoms with van der Waals surface area (Å²) in [7, 11) is 0. The number of nitrogens with one attached hydrogen (secondary N) is 2. The minimum Gasteiger partial charge on any atom is -0.444 e. The molecule has 0 aliphatic carbocycles. The number of rotatable bonds is 2. The summed E-state index contributed by atoms with van der Waals surface area (Å²) in [5.41, 5.74) is 5.15. The number of likely N-dealkylation sites (tertiary alicyclic amines) is 1. The molecule has 7 heteroatoms. The van der Waals surface area contributed by atoms with E-state index in [9.17, 15) is 9.59 Å². The Morgan fingerprint density at radius 3 is 2.39 bits per heavy atom. The number of carbonyl (C=O) groups excluding carboxylic acids is 2. The average molecular weight is 324 g/mol. The van der Waals surface area contributed by atoms with E-state index < -0.39 is 5.60 Å². The Morgan fingerprint density at radius 1 is 1.26 bits per heavy atom. The Kier molecular flexibility index (Phi) is 5.16. The van der Waals surface area contributed by atoms with Gasteiger partial charge in [-0.2, -0.15) is 0 Å². The van der Waals surface area contributed by atoms with Crippen LogP contribution < -0.4 is 10.9 Å². The molecule has 0 aromatic rings. The van der Waals surface area contributed by atoms with E-state index >= 15 is 0 Å². The van der Waals surface area contributed by atoms with Gasteiger partial charge in [0.2, 0.25) is 0 Å². The van der Waals surface area contributed by atoms with Gasteiger partial charge in [0.1, 0.15) is 17.5 Å². The third kappa shape index (κ3) is 4.59. The number of hydrogen-bond donors (Lipinski definition) is 2. The molecule has 2 heterocycles. The van der Waals surface area contributed by atoms with E-state index in [0.717, 1.165) is 18.7 Å². The summed E-state index contributed by atoms with van der Waals surface area (Å²) in [6.45, 7) is 10.9. The number of ether oxygens (including phenoxy) is 1. The molecule has 2 N–H and O–H groups in total. The Bertz CT molecular complexity index is 488. The topological polar surface area (TPSA) is 83.0 Å². The minimum absolute atomic E-state index is 0.0880. The van der Waals surface area contributed by atoms with Crippen LogP contribution in [0.25, 0.3) is 0 Å². The molecule has 1 fully saturated rings. The molecule has 0 radical (unpaired) electrons. The Labute approximate surface area is 137 Å². The predicted molar refractivity (Wildman–Crippen MR) is 87.9 cm³/mol. The van der Waals surface area contributed by atoms with Crippen LogP contribution in [0.2, 0.25) is 0 Å². The lowest BCUT2D eigenvalue weighted by atomic mass is 9.94. The van der Waals surface area contributed by atoms with E-state index in [2.05, 4.69) is 15.8 Å². The number of hydrazine groups is 1. The first-order chi connectivity index (χ1) is 10.7. The number of amidine groups is 1. The smallest absolute Gasteiger partial charge is 0.410 e. The first-order valence-corrected chi connectivity index (χ1v) is 8.29. The van der Waals surface area contributed by atoms with Gasteiger partial charge < -0.3 is 9.64 Å². The second-order valence-electron chi connectivity index (χ2n) is 7.56. The standard InChI is InChI=1S/C16H28N4O3/c1-10(2)12-14(21)19-18-13(17-12)11-6-8-20(9-7-11)15(22)23-16(3,4)5/h10-12H,6-9H2,1-5H3,(H,17,18)(H,19,21)/t12-/m0/s1. The molecule has 130 valence electrons. The predicted octanol–water partition coefficient (Wildman–Crippen LogP) is 1.69. The molecule has 2 amide bonds. The monoisotopic (exact) mass is 324 g/mol. The summed E-state index contributed by atoms with van der Waals surface area (Å²) in [6.07, 6.45) is 1.36. The second-order valence-corrected chi connectivity index (χ2v) is 7.56. The first-order valence-electron chi connectivity index (χ1n) is 8.29. The molecule has 0 aromatic carbocycles. The van der Waals surface area contributed by atoms with Gasteiger partial charge >= 0.3 is 6.09 Å². The maximum Gasteiger partial charge on any atom is 0.410 e. The molecule has 7 nitrogen and oxygen atoms in total. The van der Waals surface area contributed by atoms with Gasteiger partial charge in [-0.05, 0) is 39.5 Å². The van der Waals surface area contributed by atoms with Crippen molar-refractivity contribution in [2.75, 3.05) is 13.1 Å². The van der Waals surface area contributed by atoms with Crippen molar-refractivity contribution in [1.29, 1.82) is 0 Å². The van der Waals surface area contributed by atoms with Crippen molar-refractivity contribution in [2.45, 2.75) is 59.1 Å². The van der Waals surface area contributed by atoms with Crippen LogP contribution in [0.3, 0.4) is 0 Å². The molecule has 0 unspecified atom stereocenters. The Morgan fingerprint density at radius 2 is 1.87 bits per heavy atom. The molecule has 2 aliphatic rings. The van der Waals surface area contributed by atoms with E-state index in [1.54, 1.807) is 4.90 Å². The highest BCUT2D eigenvalue weighted by Crippen LogP contribution is 2.22. The lowest BCUT2D eigenvalue weighted by molar-refractivity contribution is -0.124. The molecule has 2 aliphatic heterocycles. The Balaban J connectivity index is 1.93. The third-order valence-corrected chi connectivity index (χ3v) is 4.03. The van der Waals surface area contributed by atoms with Crippen LogP contribution in [0, 0.1) is 11.8 Å². The SMILES string of the molecule is CC(C)[C@@H]1N=C(C2CCN(C(=O)OC(C)(C)C)CC2)NNC1=O. The molecule has 1 saturated heterocycles. The van der Waals surface area contributed by atoms with Crippen molar-refractivity contribution >= 4 is 17.8 Å². The van der Waals surface area contributed by atoms with Crippen LogP contribution in [0.5, 0.6) is 0 Å². The summed E-state index contributed by atoms with van der Waals surface area (Å²) < 4.78 is 5.40. The first kappa shape index (κ1) is 17.6. The quantitative estimate of drug-likeness (QED) is 0.810. The zero-order valence-corrected chi connectivity index (χ0v) is 14.7. The van der Waals surface area contributed by atoms with Crippen LogP contribution in [0.1, 0.15) is 47.5 Å². The second kappa shape index (κ2) is 6.76. The van der Waals surface area contributed by atoms with Crippen molar-refractivity contribution < 1.29 is 14.3 Å². The fraction of sp³-hybridized carbons (Fsp3) is 0.812. The van der Waals surface area contributed by atoms with Crippen LogP contribution in [-0.4, -0.2) is 47.5 Å². The molecular weight excluding hydrogens is 296 g/mol. The van der Waals surface area contributed by atoms with Gasteiger partial charge in [-0.15, -0.1) is 0 Å². The lowest BCUT2D eigenvalue weighted by Crippen LogP contribution is -2.55. The maximum atomic E-state index is 12.1. The van der Waals surface area contributed by atoms with Gasteiger partial charge in [-0.1, -0.05) is 13.8 Å². The highest BCUT2D eigenvalue weighted by atomic mass is 16.6. The highest BCUT2D eigenvalue weighted by Gasteiger charge is 2.33. The number of piperidine rings is 1. The number of carbonyl (C=O) groups is 2. The van der Waals surface area contributed by atoms with E-state index in [1.165, 1.54) is 0 Å². The molecular formula is C16H28N4O3. The van der Waals surface area contributed by atoms with Crippen molar-refractivity contribution in [3.63, 3.8) is 0 Å². The summed E-state index contributed by atoms with van der Waals surface area (Å²) in [6, 6.07) is -0.338.